The van der Waals surface area contributed by atoms with Crippen molar-refractivity contribution in [2.24, 2.45) is 0 Å². The van der Waals surface area contributed by atoms with Crippen LogP contribution in [0, 0.1) is 0 Å². The summed E-state index contributed by atoms with van der Waals surface area (Å²) < 4.78 is 16.9. The lowest BCUT2D eigenvalue weighted by Gasteiger charge is -2.35. The number of amides is 2. The second-order valence-corrected chi connectivity index (χ2v) is 8.92. The fourth-order valence-electron chi connectivity index (χ4n) is 3.66. The van der Waals surface area contributed by atoms with Crippen LogP contribution < -0.4 is 14.8 Å². The van der Waals surface area contributed by atoms with E-state index in [4.69, 9.17) is 14.2 Å². The third-order valence-corrected chi connectivity index (χ3v) is 5.42. The van der Waals surface area contributed by atoms with E-state index in [2.05, 4.69) is 24.1 Å². The van der Waals surface area contributed by atoms with Gasteiger partial charge in [-0.25, -0.2) is 4.79 Å². The molecule has 1 fully saturated rings. The van der Waals surface area contributed by atoms with Crippen LogP contribution in [0.25, 0.3) is 0 Å². The predicted molar refractivity (Wildman–Crippen MR) is 125 cm³/mol. The third-order valence-electron chi connectivity index (χ3n) is 5.42. The van der Waals surface area contributed by atoms with Crippen LogP contribution >= 0.6 is 0 Å². The van der Waals surface area contributed by atoms with E-state index in [-0.39, 0.29) is 5.91 Å². The number of hydrogen-bond acceptors (Lipinski definition) is 6. The number of carbonyl (C=O) groups excluding carboxylic acids is 2. The van der Waals surface area contributed by atoms with Crippen molar-refractivity contribution >= 4 is 17.7 Å². The highest BCUT2D eigenvalue weighted by atomic mass is 16.6. The van der Waals surface area contributed by atoms with E-state index >= 15 is 0 Å². The van der Waals surface area contributed by atoms with Crippen LogP contribution in [0.5, 0.6) is 11.5 Å². The maximum absolute atomic E-state index is 13.1. The molecule has 1 aromatic carbocycles. The second-order valence-electron chi connectivity index (χ2n) is 8.92. The normalized spacial score (nSPS) is 16.6. The van der Waals surface area contributed by atoms with Gasteiger partial charge in [-0.05, 0) is 65.3 Å². The van der Waals surface area contributed by atoms with Gasteiger partial charge in [0.2, 0.25) is 5.91 Å². The van der Waals surface area contributed by atoms with Crippen molar-refractivity contribution in [1.82, 2.24) is 9.80 Å². The molecule has 1 aliphatic heterocycles. The maximum atomic E-state index is 13.1. The SMILES string of the molecule is CCN(CC)CCOc1cc(NC(=O)C2CCCCN2C(=O)OC(C)(C)C)ccc1OC. The highest BCUT2D eigenvalue weighted by Gasteiger charge is 2.34. The topological polar surface area (TPSA) is 80.3 Å². The molecule has 1 unspecified atom stereocenters. The van der Waals surface area contributed by atoms with Crippen molar-refractivity contribution in [2.75, 3.05) is 45.2 Å². The van der Waals surface area contributed by atoms with Gasteiger partial charge < -0.3 is 24.4 Å². The summed E-state index contributed by atoms with van der Waals surface area (Å²) >= 11 is 0. The van der Waals surface area contributed by atoms with Gasteiger partial charge >= 0.3 is 6.09 Å². The van der Waals surface area contributed by atoms with Gasteiger partial charge in [0.05, 0.1) is 7.11 Å². The molecule has 1 heterocycles. The summed E-state index contributed by atoms with van der Waals surface area (Å²) in [5.41, 5.74) is -0.00790. The molecule has 0 spiro atoms. The number of rotatable bonds is 9. The zero-order valence-corrected chi connectivity index (χ0v) is 20.4. The van der Waals surface area contributed by atoms with Crippen LogP contribution in [0.4, 0.5) is 10.5 Å². The third kappa shape index (κ3) is 7.58. The Morgan fingerprint density at radius 1 is 1.16 bits per heavy atom. The predicted octanol–water partition coefficient (Wildman–Crippen LogP) is 4.14. The first kappa shape index (κ1) is 25.8. The summed E-state index contributed by atoms with van der Waals surface area (Å²) in [6.45, 7) is 13.5. The smallest absolute Gasteiger partial charge is 0.410 e. The number of hydrogen-bond donors (Lipinski definition) is 1. The van der Waals surface area contributed by atoms with Crippen LogP contribution in [-0.2, 0) is 9.53 Å². The monoisotopic (exact) mass is 449 g/mol. The van der Waals surface area contributed by atoms with E-state index in [1.165, 1.54) is 4.90 Å². The Labute approximate surface area is 192 Å². The lowest BCUT2D eigenvalue weighted by molar-refractivity contribution is -0.122. The van der Waals surface area contributed by atoms with Crippen molar-refractivity contribution in [3.8, 4) is 11.5 Å². The number of likely N-dealkylation sites (N-methyl/N-ethyl adjacent to an activating group) is 1. The largest absolute Gasteiger partial charge is 0.493 e. The number of nitrogens with one attached hydrogen (secondary N) is 1. The lowest BCUT2D eigenvalue weighted by atomic mass is 10.0. The van der Waals surface area contributed by atoms with Crippen molar-refractivity contribution in [2.45, 2.75) is 65.5 Å². The fourth-order valence-corrected chi connectivity index (χ4v) is 3.66. The Bertz CT molecular complexity index is 758. The first-order chi connectivity index (χ1) is 15.2. The molecule has 0 saturated carbocycles. The molecular formula is C24H39N3O5. The number of piperidine rings is 1. The molecule has 8 heteroatoms. The molecular weight excluding hydrogens is 410 g/mol. The Hall–Kier alpha value is -2.48. The fraction of sp³-hybridized carbons (Fsp3) is 0.667. The minimum Gasteiger partial charge on any atom is -0.493 e. The molecule has 2 amide bonds. The summed E-state index contributed by atoms with van der Waals surface area (Å²) in [7, 11) is 1.59. The molecule has 0 aromatic heterocycles. The molecule has 1 aromatic rings. The van der Waals surface area contributed by atoms with Crippen LogP contribution in [0.3, 0.4) is 0 Å². The van der Waals surface area contributed by atoms with Crippen LogP contribution in [0.15, 0.2) is 18.2 Å². The molecule has 180 valence electrons. The first-order valence-electron chi connectivity index (χ1n) is 11.5. The van der Waals surface area contributed by atoms with Crippen molar-refractivity contribution in [1.29, 1.82) is 0 Å². The van der Waals surface area contributed by atoms with E-state index in [1.807, 2.05) is 20.8 Å². The molecule has 0 radical (unpaired) electrons. The molecule has 0 aliphatic carbocycles. The molecule has 1 saturated heterocycles. The molecule has 32 heavy (non-hydrogen) atoms. The van der Waals surface area contributed by atoms with Gasteiger partial charge in [-0.15, -0.1) is 0 Å². The summed E-state index contributed by atoms with van der Waals surface area (Å²) in [4.78, 5) is 29.5. The highest BCUT2D eigenvalue weighted by molar-refractivity contribution is 5.97. The first-order valence-corrected chi connectivity index (χ1v) is 11.5. The minimum atomic E-state index is -0.608. The zero-order valence-electron chi connectivity index (χ0n) is 20.4. The van der Waals surface area contributed by atoms with Crippen LogP contribution in [-0.4, -0.2) is 73.3 Å². The van der Waals surface area contributed by atoms with Crippen molar-refractivity contribution in [3.05, 3.63) is 18.2 Å². The van der Waals surface area contributed by atoms with Gasteiger partial charge in [-0.1, -0.05) is 13.8 Å². The van der Waals surface area contributed by atoms with E-state index in [0.29, 0.717) is 36.8 Å². The summed E-state index contributed by atoms with van der Waals surface area (Å²) in [6, 6.07) is 4.75. The highest BCUT2D eigenvalue weighted by Crippen LogP contribution is 2.31. The van der Waals surface area contributed by atoms with Gasteiger partial charge in [-0.3, -0.25) is 9.69 Å². The van der Waals surface area contributed by atoms with E-state index < -0.39 is 17.7 Å². The molecule has 1 aliphatic rings. The van der Waals surface area contributed by atoms with E-state index in [1.54, 1.807) is 25.3 Å². The number of likely N-dealkylation sites (tertiary alicyclic amines) is 1. The Balaban J connectivity index is 2.07. The van der Waals surface area contributed by atoms with Gasteiger partial charge in [0.15, 0.2) is 11.5 Å². The second kappa shape index (κ2) is 11.9. The minimum absolute atomic E-state index is 0.227. The number of carbonyl (C=O) groups is 2. The Morgan fingerprint density at radius 3 is 2.50 bits per heavy atom. The quantitative estimate of drug-likeness (QED) is 0.610. The van der Waals surface area contributed by atoms with Crippen LogP contribution in [0.2, 0.25) is 0 Å². The lowest BCUT2D eigenvalue weighted by Crippen LogP contribution is -2.51. The van der Waals surface area contributed by atoms with Gasteiger partial charge in [0, 0.05) is 24.8 Å². The Kier molecular flexibility index (Phi) is 9.62. The van der Waals surface area contributed by atoms with Crippen molar-refractivity contribution in [3.63, 3.8) is 0 Å². The number of anilines is 1. The molecule has 8 nitrogen and oxygen atoms in total. The summed E-state index contributed by atoms with van der Waals surface area (Å²) in [6.07, 6.45) is 1.90. The van der Waals surface area contributed by atoms with E-state index in [9.17, 15) is 9.59 Å². The molecule has 0 bridgehead atoms. The molecule has 2 rings (SSSR count). The van der Waals surface area contributed by atoms with Crippen molar-refractivity contribution < 1.29 is 23.8 Å². The van der Waals surface area contributed by atoms with E-state index in [0.717, 1.165) is 32.5 Å². The standard InChI is InChI=1S/C24H39N3O5/c1-7-26(8-2)15-16-31-21-17-18(12-13-20(21)30-6)25-22(28)19-11-9-10-14-27(19)23(29)32-24(3,4)5/h12-13,17,19H,7-11,14-16H2,1-6H3,(H,25,28). The molecule has 1 atom stereocenters. The molecule has 1 N–H and O–H groups in total. The summed E-state index contributed by atoms with van der Waals surface area (Å²) in [5.74, 6) is 0.954. The number of benzene rings is 1. The van der Waals surface area contributed by atoms with Gasteiger partial charge in [0.25, 0.3) is 0 Å². The number of nitrogens with zero attached hydrogens (tertiary/aromatic N) is 2. The summed E-state index contributed by atoms with van der Waals surface area (Å²) in [5, 5.41) is 2.94. The number of ether oxygens (including phenoxy) is 3. The maximum Gasteiger partial charge on any atom is 0.410 e. The average Bonchev–Trinajstić information content (AvgIpc) is 2.75. The Morgan fingerprint density at radius 2 is 1.88 bits per heavy atom. The van der Waals surface area contributed by atoms with Gasteiger partial charge in [-0.2, -0.15) is 0 Å². The van der Waals surface area contributed by atoms with Crippen LogP contribution in [0.1, 0.15) is 53.9 Å². The van der Waals surface area contributed by atoms with Gasteiger partial charge in [0.1, 0.15) is 18.2 Å². The average molecular weight is 450 g/mol. The zero-order chi connectivity index (χ0) is 23.7. The number of methoxy groups -OCH3 is 1.